The Morgan fingerprint density at radius 2 is 2.00 bits per heavy atom. The zero-order valence-electron chi connectivity index (χ0n) is 8.50. The van der Waals surface area contributed by atoms with E-state index >= 15 is 0 Å². The van der Waals surface area contributed by atoms with Crippen LogP contribution in [0.5, 0.6) is 0 Å². The van der Waals surface area contributed by atoms with Gasteiger partial charge in [-0.2, -0.15) is 0 Å². The molecule has 0 aliphatic heterocycles. The summed E-state index contributed by atoms with van der Waals surface area (Å²) in [6, 6.07) is 6.01. The van der Waals surface area contributed by atoms with Crippen molar-refractivity contribution in [3.63, 3.8) is 0 Å². The van der Waals surface area contributed by atoms with Crippen molar-refractivity contribution in [1.82, 2.24) is 0 Å². The summed E-state index contributed by atoms with van der Waals surface area (Å²) in [5.41, 5.74) is 5.29. The molecular formula is C11H16FNO. The molecule has 0 saturated heterocycles. The van der Waals surface area contributed by atoms with Crippen LogP contribution < -0.4 is 5.73 Å². The molecule has 0 fully saturated rings. The minimum atomic E-state index is -0.984. The second kappa shape index (κ2) is 4.07. The van der Waals surface area contributed by atoms with Crippen molar-refractivity contribution >= 4 is 0 Å². The van der Waals surface area contributed by atoms with Crippen molar-refractivity contribution < 1.29 is 9.50 Å². The first-order valence-corrected chi connectivity index (χ1v) is 4.62. The highest BCUT2D eigenvalue weighted by Gasteiger charge is 2.23. The van der Waals surface area contributed by atoms with E-state index in [9.17, 15) is 9.50 Å². The molecule has 78 valence electrons. The Labute approximate surface area is 83.6 Å². The van der Waals surface area contributed by atoms with Gasteiger partial charge in [0.2, 0.25) is 0 Å². The van der Waals surface area contributed by atoms with Crippen LogP contribution in [0, 0.1) is 5.82 Å². The van der Waals surface area contributed by atoms with Crippen LogP contribution in [-0.2, 0) is 6.42 Å². The molecule has 0 aromatic heterocycles. The smallest absolute Gasteiger partial charge is 0.126 e. The van der Waals surface area contributed by atoms with E-state index in [2.05, 4.69) is 0 Å². The lowest BCUT2D eigenvalue weighted by atomic mass is 9.93. The Bertz CT molecular complexity index is 306. The van der Waals surface area contributed by atoms with Gasteiger partial charge in [0.05, 0.1) is 5.60 Å². The SMILES string of the molecule is CC(C)(O)C(N)Cc1ccccc1F. The standard InChI is InChI=1S/C11H16FNO/c1-11(2,14)10(13)7-8-5-3-4-6-9(8)12/h3-6,10,14H,7,13H2,1-2H3. The molecule has 0 aliphatic carbocycles. The maximum atomic E-state index is 13.2. The first kappa shape index (κ1) is 11.1. The molecule has 0 heterocycles. The van der Waals surface area contributed by atoms with E-state index in [4.69, 9.17) is 5.73 Å². The predicted octanol–water partition coefficient (Wildman–Crippen LogP) is 1.47. The molecule has 3 N–H and O–H groups in total. The number of hydrogen-bond donors (Lipinski definition) is 2. The molecule has 0 radical (unpaired) electrons. The van der Waals surface area contributed by atoms with Crippen LogP contribution in [0.15, 0.2) is 24.3 Å². The third kappa shape index (κ3) is 2.79. The lowest BCUT2D eigenvalue weighted by Crippen LogP contribution is -2.44. The monoisotopic (exact) mass is 197 g/mol. The summed E-state index contributed by atoms with van der Waals surface area (Å²) in [7, 11) is 0. The molecule has 0 saturated carbocycles. The molecule has 1 atom stereocenters. The number of aliphatic hydroxyl groups is 1. The van der Waals surface area contributed by atoms with Crippen LogP contribution in [0.25, 0.3) is 0 Å². The van der Waals surface area contributed by atoms with E-state index in [0.717, 1.165) is 0 Å². The van der Waals surface area contributed by atoms with E-state index in [1.165, 1.54) is 6.07 Å². The first-order valence-electron chi connectivity index (χ1n) is 4.62. The van der Waals surface area contributed by atoms with Crippen molar-refractivity contribution in [3.8, 4) is 0 Å². The van der Waals surface area contributed by atoms with Crippen LogP contribution in [0.3, 0.4) is 0 Å². The van der Waals surface area contributed by atoms with Gasteiger partial charge in [-0.15, -0.1) is 0 Å². The fourth-order valence-corrected chi connectivity index (χ4v) is 1.15. The highest BCUT2D eigenvalue weighted by Crippen LogP contribution is 2.14. The van der Waals surface area contributed by atoms with Gasteiger partial charge in [0.15, 0.2) is 0 Å². The third-order valence-corrected chi connectivity index (χ3v) is 2.31. The van der Waals surface area contributed by atoms with Gasteiger partial charge in [-0.1, -0.05) is 18.2 Å². The number of hydrogen-bond acceptors (Lipinski definition) is 2. The van der Waals surface area contributed by atoms with Crippen molar-refractivity contribution in [2.45, 2.75) is 31.9 Å². The Morgan fingerprint density at radius 3 is 2.50 bits per heavy atom. The van der Waals surface area contributed by atoms with Crippen molar-refractivity contribution in [1.29, 1.82) is 0 Å². The highest BCUT2D eigenvalue weighted by atomic mass is 19.1. The Morgan fingerprint density at radius 1 is 1.43 bits per heavy atom. The Balaban J connectivity index is 2.75. The molecule has 14 heavy (non-hydrogen) atoms. The molecule has 0 spiro atoms. The van der Waals surface area contributed by atoms with Crippen molar-refractivity contribution in [2.24, 2.45) is 5.73 Å². The van der Waals surface area contributed by atoms with Crippen molar-refractivity contribution in [3.05, 3.63) is 35.6 Å². The molecule has 0 bridgehead atoms. The number of nitrogens with two attached hydrogens (primary N) is 1. The highest BCUT2D eigenvalue weighted by molar-refractivity contribution is 5.19. The minimum Gasteiger partial charge on any atom is -0.389 e. The summed E-state index contributed by atoms with van der Waals surface area (Å²) in [6.07, 6.45) is 0.343. The predicted molar refractivity (Wildman–Crippen MR) is 54.4 cm³/mol. The summed E-state index contributed by atoms with van der Waals surface area (Å²) in [5.74, 6) is -0.271. The maximum absolute atomic E-state index is 13.2. The summed E-state index contributed by atoms with van der Waals surface area (Å²) in [4.78, 5) is 0. The second-order valence-corrected chi connectivity index (χ2v) is 4.06. The van der Waals surface area contributed by atoms with Crippen molar-refractivity contribution in [2.75, 3.05) is 0 Å². The summed E-state index contributed by atoms with van der Waals surface area (Å²) >= 11 is 0. The molecule has 0 amide bonds. The van der Waals surface area contributed by atoms with Gasteiger partial charge in [-0.25, -0.2) is 4.39 Å². The van der Waals surface area contributed by atoms with Crippen LogP contribution in [0.2, 0.25) is 0 Å². The molecule has 0 aliphatic rings. The maximum Gasteiger partial charge on any atom is 0.126 e. The fourth-order valence-electron chi connectivity index (χ4n) is 1.15. The topological polar surface area (TPSA) is 46.2 Å². The molecular weight excluding hydrogens is 181 g/mol. The first-order chi connectivity index (χ1) is 6.41. The van der Waals surface area contributed by atoms with Gasteiger partial charge in [-0.3, -0.25) is 0 Å². The molecule has 1 rings (SSSR count). The Hall–Kier alpha value is -0.930. The van der Waals surface area contributed by atoms with E-state index in [1.807, 2.05) is 0 Å². The van der Waals surface area contributed by atoms with Crippen LogP contribution in [-0.4, -0.2) is 16.7 Å². The minimum absolute atomic E-state index is 0.271. The molecule has 3 heteroatoms. The Kier molecular flexibility index (Phi) is 3.24. The average Bonchev–Trinajstić information content (AvgIpc) is 2.07. The summed E-state index contributed by atoms with van der Waals surface area (Å²) in [5, 5.41) is 9.59. The van der Waals surface area contributed by atoms with E-state index in [0.29, 0.717) is 12.0 Å². The van der Waals surface area contributed by atoms with Crippen LogP contribution in [0.1, 0.15) is 19.4 Å². The van der Waals surface area contributed by atoms with E-state index < -0.39 is 11.6 Å². The lowest BCUT2D eigenvalue weighted by molar-refractivity contribution is 0.0519. The molecule has 1 unspecified atom stereocenters. The number of rotatable bonds is 3. The number of benzene rings is 1. The van der Waals surface area contributed by atoms with Gasteiger partial charge in [0, 0.05) is 6.04 Å². The van der Waals surface area contributed by atoms with Gasteiger partial charge in [-0.05, 0) is 31.9 Å². The summed E-state index contributed by atoms with van der Waals surface area (Å²) < 4.78 is 13.2. The number of halogens is 1. The zero-order chi connectivity index (χ0) is 10.8. The van der Waals surface area contributed by atoms with Gasteiger partial charge in [0.1, 0.15) is 5.82 Å². The van der Waals surface area contributed by atoms with Gasteiger partial charge in [0.25, 0.3) is 0 Å². The van der Waals surface area contributed by atoms with Gasteiger partial charge < -0.3 is 10.8 Å². The van der Waals surface area contributed by atoms with E-state index in [-0.39, 0.29) is 5.82 Å². The quantitative estimate of drug-likeness (QED) is 0.770. The molecule has 2 nitrogen and oxygen atoms in total. The molecule has 1 aromatic rings. The van der Waals surface area contributed by atoms with E-state index in [1.54, 1.807) is 32.0 Å². The lowest BCUT2D eigenvalue weighted by Gasteiger charge is -2.25. The van der Waals surface area contributed by atoms with Gasteiger partial charge >= 0.3 is 0 Å². The molecule has 1 aromatic carbocycles. The largest absolute Gasteiger partial charge is 0.389 e. The van der Waals surface area contributed by atoms with Crippen LogP contribution >= 0.6 is 0 Å². The third-order valence-electron chi connectivity index (χ3n) is 2.31. The fraction of sp³-hybridized carbons (Fsp3) is 0.455. The average molecular weight is 197 g/mol. The normalized spacial score (nSPS) is 14.1. The van der Waals surface area contributed by atoms with Crippen LogP contribution in [0.4, 0.5) is 4.39 Å². The second-order valence-electron chi connectivity index (χ2n) is 4.06. The summed E-state index contributed by atoms with van der Waals surface area (Å²) in [6.45, 7) is 3.25. The zero-order valence-corrected chi connectivity index (χ0v) is 8.50.